The van der Waals surface area contributed by atoms with E-state index in [1.165, 1.54) is 12.8 Å². The van der Waals surface area contributed by atoms with Gasteiger partial charge in [-0.1, -0.05) is 27.2 Å². The Morgan fingerprint density at radius 1 is 1.44 bits per heavy atom. The smallest absolute Gasteiger partial charge is 0.145 e. The lowest BCUT2D eigenvalue weighted by Crippen LogP contribution is -2.17. The van der Waals surface area contributed by atoms with E-state index in [9.17, 15) is 0 Å². The van der Waals surface area contributed by atoms with Crippen LogP contribution in [0.25, 0.3) is 0 Å². The molecule has 0 bridgehead atoms. The normalized spacial score (nSPS) is 12.3. The summed E-state index contributed by atoms with van der Waals surface area (Å²) in [4.78, 5) is 0. The van der Waals surface area contributed by atoms with Crippen LogP contribution < -0.4 is 0 Å². The third-order valence-corrected chi connectivity index (χ3v) is 1.75. The van der Waals surface area contributed by atoms with Gasteiger partial charge in [-0.3, -0.25) is 0 Å². The average Bonchev–Trinajstić information content (AvgIpc) is 1.64. The predicted octanol–water partition coefficient (Wildman–Crippen LogP) is 1.11. The molecular weight excluding hydrogens is 128 g/mol. The lowest BCUT2D eigenvalue weighted by molar-refractivity contribution is 0.180. The van der Waals surface area contributed by atoms with Gasteiger partial charge in [0.25, 0.3) is 0 Å². The van der Waals surface area contributed by atoms with E-state index >= 15 is 0 Å². The molecule has 0 saturated heterocycles. The fourth-order valence-electron chi connectivity index (χ4n) is 1.14. The van der Waals surface area contributed by atoms with Crippen molar-refractivity contribution in [3.63, 3.8) is 0 Å². The van der Waals surface area contributed by atoms with Crippen molar-refractivity contribution in [2.24, 2.45) is 5.41 Å². The summed E-state index contributed by atoms with van der Waals surface area (Å²) in [5.41, 5.74) is 0.413. The Morgan fingerprint density at radius 2 is 2.00 bits per heavy atom. The average molecular weight is 146 g/mol. The first-order valence-corrected chi connectivity index (χ1v) is 4.43. The van der Waals surface area contributed by atoms with E-state index in [1.807, 2.05) is 0 Å². The van der Waals surface area contributed by atoms with Crippen molar-refractivity contribution in [2.75, 3.05) is 6.61 Å². The van der Waals surface area contributed by atoms with E-state index in [0.717, 1.165) is 17.1 Å². The molecule has 0 aliphatic heterocycles. The van der Waals surface area contributed by atoms with Crippen LogP contribution in [0.4, 0.5) is 0 Å². The fraction of sp³-hybridized carbons (Fsp3) is 1.00. The molecular formula is C7H18OSi. The van der Waals surface area contributed by atoms with Crippen LogP contribution in [0, 0.1) is 5.41 Å². The van der Waals surface area contributed by atoms with Gasteiger partial charge in [0.05, 0.1) is 0 Å². The summed E-state index contributed by atoms with van der Waals surface area (Å²) >= 11 is 0. The SMILES string of the molecule is CCCC(C)(C)CO[SiH3]. The first-order valence-electron chi connectivity index (χ1n) is 3.61. The van der Waals surface area contributed by atoms with Gasteiger partial charge < -0.3 is 4.43 Å². The summed E-state index contributed by atoms with van der Waals surface area (Å²) < 4.78 is 5.20. The van der Waals surface area contributed by atoms with E-state index in [-0.39, 0.29) is 0 Å². The summed E-state index contributed by atoms with van der Waals surface area (Å²) in [6.07, 6.45) is 2.53. The van der Waals surface area contributed by atoms with Gasteiger partial charge in [-0.25, -0.2) is 0 Å². The lowest BCUT2D eigenvalue weighted by atomic mass is 9.89. The van der Waals surface area contributed by atoms with Crippen LogP contribution >= 0.6 is 0 Å². The van der Waals surface area contributed by atoms with Crippen molar-refractivity contribution in [3.05, 3.63) is 0 Å². The van der Waals surface area contributed by atoms with Gasteiger partial charge in [0.2, 0.25) is 0 Å². The molecule has 0 heterocycles. The van der Waals surface area contributed by atoms with Crippen LogP contribution in [0.5, 0.6) is 0 Å². The molecule has 0 radical (unpaired) electrons. The van der Waals surface area contributed by atoms with E-state index < -0.39 is 0 Å². The molecule has 0 saturated carbocycles. The molecule has 0 unspecified atom stereocenters. The van der Waals surface area contributed by atoms with Crippen molar-refractivity contribution >= 4 is 10.5 Å². The third kappa shape index (κ3) is 4.67. The molecule has 2 heteroatoms. The Bertz CT molecular complexity index is 63.3. The van der Waals surface area contributed by atoms with E-state index in [1.54, 1.807) is 0 Å². The van der Waals surface area contributed by atoms with Gasteiger partial charge in [-0.05, 0) is 11.8 Å². The van der Waals surface area contributed by atoms with E-state index in [4.69, 9.17) is 4.43 Å². The van der Waals surface area contributed by atoms with Gasteiger partial charge in [0.1, 0.15) is 10.5 Å². The van der Waals surface area contributed by atoms with Crippen molar-refractivity contribution in [2.45, 2.75) is 33.6 Å². The van der Waals surface area contributed by atoms with Gasteiger partial charge >= 0.3 is 0 Å². The summed E-state index contributed by atoms with van der Waals surface area (Å²) in [5.74, 6) is 0. The quantitative estimate of drug-likeness (QED) is 0.540. The summed E-state index contributed by atoms with van der Waals surface area (Å²) in [6.45, 7) is 7.67. The molecule has 0 spiro atoms. The monoisotopic (exact) mass is 146 g/mol. The molecule has 0 fully saturated rings. The second kappa shape index (κ2) is 4.07. The molecule has 0 aliphatic carbocycles. The Labute approximate surface area is 61.3 Å². The topological polar surface area (TPSA) is 9.23 Å². The minimum absolute atomic E-state index is 0.413. The van der Waals surface area contributed by atoms with Crippen LogP contribution in [0.15, 0.2) is 0 Å². The predicted molar refractivity (Wildman–Crippen MR) is 44.6 cm³/mol. The Morgan fingerprint density at radius 3 is 2.33 bits per heavy atom. The highest BCUT2D eigenvalue weighted by molar-refractivity contribution is 5.97. The highest BCUT2D eigenvalue weighted by Crippen LogP contribution is 2.21. The van der Waals surface area contributed by atoms with Crippen LogP contribution in [0.3, 0.4) is 0 Å². The molecule has 56 valence electrons. The largest absolute Gasteiger partial charge is 0.427 e. The zero-order valence-electron chi connectivity index (χ0n) is 7.03. The minimum Gasteiger partial charge on any atom is -0.427 e. The maximum absolute atomic E-state index is 5.20. The lowest BCUT2D eigenvalue weighted by Gasteiger charge is -2.22. The maximum Gasteiger partial charge on any atom is 0.145 e. The molecule has 0 rings (SSSR count). The van der Waals surface area contributed by atoms with Crippen LogP contribution in [0.1, 0.15) is 33.6 Å². The van der Waals surface area contributed by atoms with Gasteiger partial charge in [-0.15, -0.1) is 0 Å². The molecule has 0 N–H and O–H groups in total. The summed E-state index contributed by atoms with van der Waals surface area (Å²) in [5, 5.41) is 0. The van der Waals surface area contributed by atoms with Crippen molar-refractivity contribution in [3.8, 4) is 0 Å². The van der Waals surface area contributed by atoms with Crippen LogP contribution in [0.2, 0.25) is 0 Å². The molecule has 9 heavy (non-hydrogen) atoms. The molecule has 0 atom stereocenters. The standard InChI is InChI=1S/C7H18OSi/c1-4-5-7(2,3)6-8-9/h4-6H2,1-3,9H3. The zero-order chi connectivity index (χ0) is 7.33. The molecule has 0 aromatic heterocycles. The zero-order valence-corrected chi connectivity index (χ0v) is 9.03. The Hall–Kier alpha value is 0.177. The molecule has 0 amide bonds. The van der Waals surface area contributed by atoms with Gasteiger partial charge in [0, 0.05) is 6.61 Å². The van der Waals surface area contributed by atoms with E-state index in [2.05, 4.69) is 20.8 Å². The fourth-order valence-corrected chi connectivity index (χ4v) is 1.92. The van der Waals surface area contributed by atoms with Gasteiger partial charge in [0.15, 0.2) is 0 Å². The van der Waals surface area contributed by atoms with Crippen molar-refractivity contribution < 1.29 is 4.43 Å². The first-order chi connectivity index (χ1) is 4.12. The summed E-state index contributed by atoms with van der Waals surface area (Å²) in [6, 6.07) is 0. The number of hydrogen-bond donors (Lipinski definition) is 0. The Kier molecular flexibility index (Phi) is 4.15. The molecule has 0 aromatic rings. The summed E-state index contributed by atoms with van der Waals surface area (Å²) in [7, 11) is 0.877. The van der Waals surface area contributed by atoms with Crippen molar-refractivity contribution in [1.29, 1.82) is 0 Å². The minimum atomic E-state index is 0.413. The Balaban J connectivity index is 3.43. The first kappa shape index (κ1) is 9.18. The second-order valence-electron chi connectivity index (χ2n) is 3.35. The van der Waals surface area contributed by atoms with Gasteiger partial charge in [-0.2, -0.15) is 0 Å². The highest BCUT2D eigenvalue weighted by atomic mass is 28.2. The second-order valence-corrected chi connectivity index (χ2v) is 3.92. The third-order valence-electron chi connectivity index (χ3n) is 1.46. The van der Waals surface area contributed by atoms with E-state index in [0.29, 0.717) is 5.41 Å². The molecule has 0 aliphatic rings. The van der Waals surface area contributed by atoms with Crippen molar-refractivity contribution in [1.82, 2.24) is 0 Å². The van der Waals surface area contributed by atoms with Crippen LogP contribution in [-0.4, -0.2) is 17.1 Å². The molecule has 0 aromatic carbocycles. The number of hydrogen-bond acceptors (Lipinski definition) is 1. The maximum atomic E-state index is 5.20. The van der Waals surface area contributed by atoms with Crippen LogP contribution in [-0.2, 0) is 4.43 Å². The molecule has 1 nitrogen and oxygen atoms in total. The highest BCUT2D eigenvalue weighted by Gasteiger charge is 2.14. The number of rotatable bonds is 4.